The van der Waals surface area contributed by atoms with E-state index in [1.807, 2.05) is 44.2 Å². The molecule has 6 nitrogen and oxygen atoms in total. The van der Waals surface area contributed by atoms with E-state index in [1.54, 1.807) is 40.8 Å². The number of hydrogen-bond acceptors (Lipinski definition) is 4. The molecule has 0 saturated heterocycles. The predicted octanol–water partition coefficient (Wildman–Crippen LogP) is 5.07. The fourth-order valence-electron chi connectivity index (χ4n) is 4.24. The maximum absolute atomic E-state index is 13.9. The summed E-state index contributed by atoms with van der Waals surface area (Å²) in [6, 6.07) is 19.8. The molecule has 1 unspecified atom stereocenters. The standard InChI is InChI=1S/C28H28FN3O3/c1-4-25(31(16-17-35-3)27(33)20-8-7-9-21(29)18-20)26-30-24-11-6-5-10-23(24)28(34)32(26)22-14-12-19(2)13-15-22/h5-15,18,25H,4,16-17H2,1-3H3. The van der Waals surface area contributed by atoms with E-state index in [-0.39, 0.29) is 30.2 Å². The lowest BCUT2D eigenvalue weighted by Crippen LogP contribution is -2.40. The number of carbonyl (C=O) groups excluding carboxylic acids is 1. The molecule has 180 valence electrons. The predicted molar refractivity (Wildman–Crippen MR) is 134 cm³/mol. The third kappa shape index (κ3) is 5.00. The number of para-hydroxylation sites is 1. The van der Waals surface area contributed by atoms with Crippen molar-refractivity contribution in [2.24, 2.45) is 0 Å². The van der Waals surface area contributed by atoms with E-state index >= 15 is 0 Å². The summed E-state index contributed by atoms with van der Waals surface area (Å²) in [6.45, 7) is 4.44. The summed E-state index contributed by atoms with van der Waals surface area (Å²) in [7, 11) is 1.56. The topological polar surface area (TPSA) is 64.4 Å². The van der Waals surface area contributed by atoms with Crippen LogP contribution in [-0.4, -0.2) is 40.6 Å². The SMILES string of the molecule is CCC(c1nc2ccccc2c(=O)n1-c1ccc(C)cc1)N(CCOC)C(=O)c1cccc(F)c1. The van der Waals surface area contributed by atoms with Crippen molar-refractivity contribution in [3.8, 4) is 5.69 Å². The number of fused-ring (bicyclic) bond motifs is 1. The van der Waals surface area contributed by atoms with Gasteiger partial charge in [-0.25, -0.2) is 9.37 Å². The highest BCUT2D eigenvalue weighted by molar-refractivity contribution is 5.94. The van der Waals surface area contributed by atoms with Gasteiger partial charge in [0.25, 0.3) is 11.5 Å². The van der Waals surface area contributed by atoms with E-state index in [1.165, 1.54) is 18.2 Å². The molecule has 0 bridgehead atoms. The molecule has 1 heterocycles. The van der Waals surface area contributed by atoms with Gasteiger partial charge in [-0.2, -0.15) is 0 Å². The van der Waals surface area contributed by atoms with Gasteiger partial charge in [-0.1, -0.05) is 42.8 Å². The number of ether oxygens (including phenoxy) is 1. The van der Waals surface area contributed by atoms with E-state index in [0.29, 0.717) is 28.8 Å². The first kappa shape index (κ1) is 24.3. The van der Waals surface area contributed by atoms with Crippen LogP contribution in [0.3, 0.4) is 0 Å². The number of rotatable bonds is 8. The van der Waals surface area contributed by atoms with Crippen molar-refractivity contribution < 1.29 is 13.9 Å². The van der Waals surface area contributed by atoms with Crippen molar-refractivity contribution >= 4 is 16.8 Å². The lowest BCUT2D eigenvalue weighted by Gasteiger charge is -2.32. The number of benzene rings is 3. The largest absolute Gasteiger partial charge is 0.383 e. The summed E-state index contributed by atoms with van der Waals surface area (Å²) in [5.41, 5.74) is 2.30. The molecule has 1 atom stereocenters. The van der Waals surface area contributed by atoms with E-state index in [4.69, 9.17) is 9.72 Å². The molecular weight excluding hydrogens is 445 g/mol. The van der Waals surface area contributed by atoms with Gasteiger partial charge in [-0.05, 0) is 55.8 Å². The molecule has 0 fully saturated rings. The van der Waals surface area contributed by atoms with E-state index in [0.717, 1.165) is 5.56 Å². The zero-order chi connectivity index (χ0) is 24.9. The fourth-order valence-corrected chi connectivity index (χ4v) is 4.24. The molecule has 0 aliphatic heterocycles. The number of aryl methyl sites for hydroxylation is 1. The van der Waals surface area contributed by atoms with Crippen molar-refractivity contribution in [1.82, 2.24) is 14.5 Å². The zero-order valence-electron chi connectivity index (χ0n) is 20.1. The molecule has 0 spiro atoms. The Hall–Kier alpha value is -3.84. The van der Waals surface area contributed by atoms with Gasteiger partial charge in [0.2, 0.25) is 0 Å². The number of amides is 1. The molecule has 0 N–H and O–H groups in total. The smallest absolute Gasteiger partial charge is 0.266 e. The Labute approximate surface area is 203 Å². The van der Waals surface area contributed by atoms with Crippen molar-refractivity contribution in [3.63, 3.8) is 0 Å². The second-order valence-corrected chi connectivity index (χ2v) is 8.39. The lowest BCUT2D eigenvalue weighted by molar-refractivity contribution is 0.0579. The van der Waals surface area contributed by atoms with Crippen LogP contribution in [-0.2, 0) is 4.74 Å². The van der Waals surface area contributed by atoms with E-state index in [2.05, 4.69) is 0 Å². The van der Waals surface area contributed by atoms with Crippen LogP contribution < -0.4 is 5.56 Å². The summed E-state index contributed by atoms with van der Waals surface area (Å²) in [5.74, 6) is -0.400. The molecule has 0 saturated carbocycles. The third-order valence-corrected chi connectivity index (χ3v) is 6.02. The summed E-state index contributed by atoms with van der Waals surface area (Å²) >= 11 is 0. The first-order valence-electron chi connectivity index (χ1n) is 11.6. The summed E-state index contributed by atoms with van der Waals surface area (Å²) in [4.78, 5) is 33.8. The van der Waals surface area contributed by atoms with E-state index in [9.17, 15) is 14.0 Å². The van der Waals surface area contributed by atoms with Gasteiger partial charge in [-0.15, -0.1) is 0 Å². The summed E-state index contributed by atoms with van der Waals surface area (Å²) < 4.78 is 20.8. The molecule has 3 aromatic carbocycles. The van der Waals surface area contributed by atoms with Crippen LogP contribution in [0.4, 0.5) is 4.39 Å². The number of halogens is 1. The zero-order valence-corrected chi connectivity index (χ0v) is 20.1. The van der Waals surface area contributed by atoms with Gasteiger partial charge >= 0.3 is 0 Å². The minimum absolute atomic E-state index is 0.210. The van der Waals surface area contributed by atoms with E-state index < -0.39 is 11.9 Å². The third-order valence-electron chi connectivity index (χ3n) is 6.02. The number of carbonyl (C=O) groups is 1. The molecule has 0 aliphatic rings. The molecule has 0 aliphatic carbocycles. The molecule has 1 amide bonds. The summed E-state index contributed by atoms with van der Waals surface area (Å²) in [5, 5.41) is 0.492. The first-order chi connectivity index (χ1) is 16.9. The highest BCUT2D eigenvalue weighted by Gasteiger charge is 2.29. The Morgan fingerprint density at radius 3 is 2.51 bits per heavy atom. The molecule has 1 aromatic heterocycles. The minimum Gasteiger partial charge on any atom is -0.383 e. The number of methoxy groups -OCH3 is 1. The van der Waals surface area contributed by atoms with Crippen molar-refractivity contribution in [2.45, 2.75) is 26.3 Å². The minimum atomic E-state index is -0.556. The first-order valence-corrected chi connectivity index (χ1v) is 11.6. The quantitative estimate of drug-likeness (QED) is 0.358. The maximum Gasteiger partial charge on any atom is 0.266 e. The Bertz CT molecular complexity index is 1400. The van der Waals surface area contributed by atoms with Crippen LogP contribution >= 0.6 is 0 Å². The monoisotopic (exact) mass is 473 g/mol. The Morgan fingerprint density at radius 2 is 1.83 bits per heavy atom. The van der Waals surface area contributed by atoms with Gasteiger partial charge in [0.1, 0.15) is 11.6 Å². The van der Waals surface area contributed by atoms with Gasteiger partial charge in [-0.3, -0.25) is 14.2 Å². The molecule has 4 rings (SSSR count). The fraction of sp³-hybridized carbons (Fsp3) is 0.250. The Morgan fingerprint density at radius 1 is 1.09 bits per heavy atom. The highest BCUT2D eigenvalue weighted by atomic mass is 19.1. The van der Waals surface area contributed by atoms with Crippen LogP contribution in [0.1, 0.15) is 41.1 Å². The molecule has 7 heteroatoms. The van der Waals surface area contributed by atoms with Gasteiger partial charge in [0.15, 0.2) is 0 Å². The molecule has 35 heavy (non-hydrogen) atoms. The van der Waals surface area contributed by atoms with Crippen LogP contribution in [0.25, 0.3) is 16.6 Å². The second kappa shape index (κ2) is 10.6. The highest BCUT2D eigenvalue weighted by Crippen LogP contribution is 2.27. The van der Waals surface area contributed by atoms with Crippen molar-refractivity contribution in [2.75, 3.05) is 20.3 Å². The Balaban J connectivity index is 1.94. The Kier molecular flexibility index (Phi) is 7.36. The average molecular weight is 474 g/mol. The van der Waals surface area contributed by atoms with Crippen LogP contribution in [0.5, 0.6) is 0 Å². The average Bonchev–Trinajstić information content (AvgIpc) is 2.87. The van der Waals surface area contributed by atoms with Crippen molar-refractivity contribution in [1.29, 1.82) is 0 Å². The molecular formula is C28H28FN3O3. The van der Waals surface area contributed by atoms with Gasteiger partial charge in [0.05, 0.1) is 29.2 Å². The van der Waals surface area contributed by atoms with Gasteiger partial charge < -0.3 is 9.64 Å². The number of nitrogens with zero attached hydrogens (tertiary/aromatic N) is 3. The van der Waals surface area contributed by atoms with Gasteiger partial charge in [0, 0.05) is 19.2 Å². The maximum atomic E-state index is 13.9. The van der Waals surface area contributed by atoms with Crippen molar-refractivity contribution in [3.05, 3.63) is 106 Å². The number of hydrogen-bond donors (Lipinski definition) is 0. The number of aromatic nitrogens is 2. The molecule has 4 aromatic rings. The van der Waals surface area contributed by atoms with Crippen LogP contribution in [0, 0.1) is 12.7 Å². The van der Waals surface area contributed by atoms with Crippen LogP contribution in [0.15, 0.2) is 77.6 Å². The summed E-state index contributed by atoms with van der Waals surface area (Å²) in [6.07, 6.45) is 0.488. The lowest BCUT2D eigenvalue weighted by atomic mass is 10.1. The molecule has 0 radical (unpaired) electrons. The second-order valence-electron chi connectivity index (χ2n) is 8.39. The normalized spacial score (nSPS) is 12.0. The van der Waals surface area contributed by atoms with Crippen LogP contribution in [0.2, 0.25) is 0 Å².